The third-order valence-electron chi connectivity index (χ3n) is 6.10. The van der Waals surface area contributed by atoms with Gasteiger partial charge in [0.25, 0.3) is 5.91 Å². The average molecular weight is 662 g/mol. The van der Waals surface area contributed by atoms with Crippen molar-refractivity contribution >= 4 is 45.2 Å². The predicted molar refractivity (Wildman–Crippen MR) is 146 cm³/mol. The van der Waals surface area contributed by atoms with Gasteiger partial charge in [0.2, 0.25) is 5.91 Å². The minimum atomic E-state index is -4.67. The van der Waals surface area contributed by atoms with E-state index >= 15 is 0 Å². The lowest BCUT2D eigenvalue weighted by Crippen LogP contribution is -2.47. The second kappa shape index (κ2) is 15.6. The molecule has 0 bridgehead atoms. The number of hydrogen-bond donors (Lipinski definition) is 6. The maximum absolute atomic E-state index is 14.8. The first-order valence-corrected chi connectivity index (χ1v) is 14.1. The van der Waals surface area contributed by atoms with Crippen LogP contribution in [0.25, 0.3) is 0 Å². The fourth-order valence-corrected chi connectivity index (χ4v) is 4.11. The van der Waals surface area contributed by atoms with Gasteiger partial charge in [-0.25, -0.2) is 8.78 Å². The van der Waals surface area contributed by atoms with E-state index in [4.69, 9.17) is 40.0 Å². The average Bonchev–Trinajstić information content (AvgIpc) is 2.90. The van der Waals surface area contributed by atoms with E-state index in [0.717, 1.165) is 6.07 Å². The molecule has 3 rings (SSSR count). The van der Waals surface area contributed by atoms with Crippen LogP contribution in [0.5, 0.6) is 0 Å². The molecule has 19 heteroatoms. The molecule has 0 radical (unpaired) electrons. The van der Waals surface area contributed by atoms with Crippen molar-refractivity contribution in [3.8, 4) is 0 Å². The van der Waals surface area contributed by atoms with Crippen molar-refractivity contribution in [3.05, 3.63) is 58.1 Å². The van der Waals surface area contributed by atoms with Crippen LogP contribution in [-0.4, -0.2) is 90.9 Å². The lowest BCUT2D eigenvalue weighted by molar-refractivity contribution is -0.138. The van der Waals surface area contributed by atoms with E-state index in [1.807, 2.05) is 4.90 Å². The zero-order valence-corrected chi connectivity index (χ0v) is 23.8. The van der Waals surface area contributed by atoms with Gasteiger partial charge in [0, 0.05) is 49.9 Å². The van der Waals surface area contributed by atoms with Gasteiger partial charge in [0.05, 0.1) is 30.0 Å². The highest BCUT2D eigenvalue weighted by atomic mass is 35.5. The summed E-state index contributed by atoms with van der Waals surface area (Å²) in [4.78, 5) is 27.6. The van der Waals surface area contributed by atoms with Crippen molar-refractivity contribution in [2.24, 2.45) is 5.73 Å². The normalized spacial score (nSPS) is 15.0. The Bertz CT molecular complexity index is 1390. The summed E-state index contributed by atoms with van der Waals surface area (Å²) in [6.07, 6.45) is -5.15. The third-order valence-corrected chi connectivity index (χ3v) is 6.34. The van der Waals surface area contributed by atoms with Crippen molar-refractivity contribution in [1.82, 2.24) is 10.2 Å². The molecule has 2 aromatic carbocycles. The quantitative estimate of drug-likeness (QED) is 0.163. The number of amides is 2. The van der Waals surface area contributed by atoms with Crippen molar-refractivity contribution in [1.29, 1.82) is 0 Å². The van der Waals surface area contributed by atoms with E-state index in [-0.39, 0.29) is 24.3 Å². The number of rotatable bonds is 10. The molecule has 1 heterocycles. The molecule has 12 nitrogen and oxygen atoms in total. The molecule has 2 aromatic rings. The Morgan fingerprint density at radius 3 is 2.19 bits per heavy atom. The standard InChI is InChI=1S/C24H27ClF5N5O3.H2O4S/c25-15-2-4-17(19(11-15)35-9-7-34(8-10-35)6-5-24(28,29)30)33-23(38)16-3-1-14(20(26)21(16)27)12-32-18(13-36)22(31)37;1-5(2,3)4/h1-4,11,18,32,36H,5-10,12-13H2,(H2,31,37)(H,33,38);(H2,1,2,3,4). The van der Waals surface area contributed by atoms with E-state index in [0.29, 0.717) is 36.9 Å². The van der Waals surface area contributed by atoms with Crippen LogP contribution in [-0.2, 0) is 21.7 Å². The molecule has 1 aliphatic rings. The van der Waals surface area contributed by atoms with Crippen molar-refractivity contribution in [2.45, 2.75) is 25.2 Å². The third kappa shape index (κ3) is 12.2. The van der Waals surface area contributed by atoms with E-state index in [9.17, 15) is 31.5 Å². The molecule has 1 fully saturated rings. The van der Waals surface area contributed by atoms with Crippen LogP contribution in [0, 0.1) is 11.6 Å². The minimum absolute atomic E-state index is 0.115. The van der Waals surface area contributed by atoms with Gasteiger partial charge in [0.1, 0.15) is 6.04 Å². The number of piperazine rings is 1. The number of primary amides is 1. The summed E-state index contributed by atoms with van der Waals surface area (Å²) in [7, 11) is -4.67. The largest absolute Gasteiger partial charge is 0.394 e. The summed E-state index contributed by atoms with van der Waals surface area (Å²) < 4.78 is 98.6. The molecule has 1 aliphatic heterocycles. The fraction of sp³-hybridized carbons (Fsp3) is 0.417. The Morgan fingerprint density at radius 1 is 1.05 bits per heavy atom. The molecule has 0 aromatic heterocycles. The van der Waals surface area contributed by atoms with Gasteiger partial charge in [-0.2, -0.15) is 21.6 Å². The number of benzene rings is 2. The molecule has 7 N–H and O–H groups in total. The number of carbonyl (C=O) groups excluding carboxylic acids is 2. The number of anilines is 2. The number of nitrogens with two attached hydrogens (primary N) is 1. The molecule has 0 spiro atoms. The lowest BCUT2D eigenvalue weighted by Gasteiger charge is -2.37. The van der Waals surface area contributed by atoms with Crippen LogP contribution in [0.3, 0.4) is 0 Å². The number of aliphatic hydroxyl groups excluding tert-OH is 1. The lowest BCUT2D eigenvalue weighted by atomic mass is 10.1. The Labute approximate surface area is 248 Å². The first kappa shape index (κ1) is 36.1. The summed E-state index contributed by atoms with van der Waals surface area (Å²) in [5, 5.41) is 14.5. The van der Waals surface area contributed by atoms with Gasteiger partial charge in [-0.15, -0.1) is 0 Å². The Balaban J connectivity index is 0.00000119. The molecule has 43 heavy (non-hydrogen) atoms. The minimum Gasteiger partial charge on any atom is -0.394 e. The molecule has 0 aliphatic carbocycles. The highest BCUT2D eigenvalue weighted by molar-refractivity contribution is 7.79. The molecule has 2 amide bonds. The summed E-state index contributed by atoms with van der Waals surface area (Å²) >= 11 is 6.13. The number of aliphatic hydroxyl groups is 1. The second-order valence-electron chi connectivity index (χ2n) is 9.18. The number of halogens is 6. The van der Waals surface area contributed by atoms with E-state index in [2.05, 4.69) is 10.6 Å². The smallest absolute Gasteiger partial charge is 0.394 e. The molecule has 1 atom stereocenters. The summed E-state index contributed by atoms with van der Waals surface area (Å²) in [6.45, 7) is 0.380. The first-order chi connectivity index (χ1) is 19.9. The molecule has 0 saturated carbocycles. The Kier molecular flexibility index (Phi) is 13.0. The number of nitrogens with zero attached hydrogens (tertiary/aromatic N) is 2. The summed E-state index contributed by atoms with van der Waals surface area (Å²) in [6, 6.07) is 5.66. The summed E-state index contributed by atoms with van der Waals surface area (Å²) in [5.74, 6) is -4.52. The highest BCUT2D eigenvalue weighted by Gasteiger charge is 2.29. The second-order valence-corrected chi connectivity index (χ2v) is 10.5. The van der Waals surface area contributed by atoms with E-state index in [1.54, 1.807) is 11.0 Å². The molecule has 240 valence electrons. The maximum atomic E-state index is 14.8. The molecule has 1 unspecified atom stereocenters. The van der Waals surface area contributed by atoms with Crippen molar-refractivity contribution < 1.29 is 54.2 Å². The maximum Gasteiger partial charge on any atom is 0.394 e. The van der Waals surface area contributed by atoms with Crippen LogP contribution in [0.1, 0.15) is 22.3 Å². The van der Waals surface area contributed by atoms with E-state index in [1.165, 1.54) is 18.2 Å². The van der Waals surface area contributed by atoms with Crippen LogP contribution in [0.2, 0.25) is 5.02 Å². The Morgan fingerprint density at radius 2 is 1.65 bits per heavy atom. The van der Waals surface area contributed by atoms with Gasteiger partial charge in [-0.05, 0) is 24.3 Å². The zero-order valence-electron chi connectivity index (χ0n) is 22.2. The molecular formula is C24H29ClF5N5O7S. The van der Waals surface area contributed by atoms with Crippen LogP contribution >= 0.6 is 11.6 Å². The predicted octanol–water partition coefficient (Wildman–Crippen LogP) is 2.23. The van der Waals surface area contributed by atoms with Gasteiger partial charge in [-0.3, -0.25) is 28.9 Å². The molecular weight excluding hydrogens is 633 g/mol. The number of alkyl halides is 3. The fourth-order valence-electron chi connectivity index (χ4n) is 3.95. The Hall–Kier alpha value is -3.13. The monoisotopic (exact) mass is 661 g/mol. The summed E-state index contributed by atoms with van der Waals surface area (Å²) in [5.41, 5.74) is 5.09. The van der Waals surface area contributed by atoms with Crippen LogP contribution in [0.4, 0.5) is 33.3 Å². The van der Waals surface area contributed by atoms with Gasteiger partial charge in [-0.1, -0.05) is 17.7 Å². The van der Waals surface area contributed by atoms with Crippen molar-refractivity contribution in [2.75, 3.05) is 49.5 Å². The highest BCUT2D eigenvalue weighted by Crippen LogP contribution is 2.31. The SMILES string of the molecule is NC(=O)C(CO)NCc1ccc(C(=O)Nc2ccc(Cl)cc2N2CCN(CCC(F)(F)F)CC2)c(F)c1F.O=S(=O)(O)O. The molecule has 1 saturated heterocycles. The van der Waals surface area contributed by atoms with E-state index < -0.39 is 64.7 Å². The van der Waals surface area contributed by atoms with Crippen LogP contribution < -0.4 is 21.3 Å². The van der Waals surface area contributed by atoms with Gasteiger partial charge in [0.15, 0.2) is 11.6 Å². The van der Waals surface area contributed by atoms with Gasteiger partial charge >= 0.3 is 16.6 Å². The number of hydrogen-bond acceptors (Lipinski definition) is 8. The van der Waals surface area contributed by atoms with Crippen LogP contribution in [0.15, 0.2) is 30.3 Å². The number of carbonyl (C=O) groups is 2. The zero-order chi connectivity index (χ0) is 32.5. The van der Waals surface area contributed by atoms with Crippen molar-refractivity contribution in [3.63, 3.8) is 0 Å². The first-order valence-electron chi connectivity index (χ1n) is 12.3. The number of nitrogens with one attached hydrogen (secondary N) is 2. The van der Waals surface area contributed by atoms with Gasteiger partial charge < -0.3 is 21.1 Å². The topological polar surface area (TPSA) is 186 Å².